The molecule has 0 amide bonds. The normalized spacial score (nSPS) is 11.8. The number of thiazole rings is 1. The van der Waals surface area contributed by atoms with Gasteiger partial charge in [-0.2, -0.15) is 0 Å². The standard InChI is InChI=1S/C43H26N2OS2/c1-3-10-28(11-4-1)43-44-35-23-25-38-40(42(35)48-43)34-26-29(20-24-37(34)46-38)27-18-21-31(22-19-27)45(30-12-5-2-6-13-30)36-16-9-15-33-32-14-7-8-17-39(32)47-41(33)36/h1-26H. The lowest BCUT2D eigenvalue weighted by Crippen LogP contribution is -2.09. The van der Waals surface area contributed by atoms with E-state index in [-0.39, 0.29) is 0 Å². The van der Waals surface area contributed by atoms with Gasteiger partial charge in [-0.3, -0.25) is 0 Å². The summed E-state index contributed by atoms with van der Waals surface area (Å²) in [6.45, 7) is 0. The molecule has 0 saturated carbocycles. The molecule has 0 bridgehead atoms. The average Bonchev–Trinajstić information content (AvgIpc) is 3.86. The molecule has 0 aliphatic rings. The smallest absolute Gasteiger partial charge is 0.137 e. The van der Waals surface area contributed by atoms with Crippen molar-refractivity contribution >= 4 is 92.1 Å². The second kappa shape index (κ2) is 10.9. The first kappa shape index (κ1) is 27.4. The van der Waals surface area contributed by atoms with Gasteiger partial charge in [0.15, 0.2) is 0 Å². The van der Waals surface area contributed by atoms with E-state index in [4.69, 9.17) is 9.40 Å². The highest BCUT2D eigenvalue weighted by Crippen LogP contribution is 2.45. The average molecular weight is 651 g/mol. The first-order chi connectivity index (χ1) is 23.8. The van der Waals surface area contributed by atoms with E-state index in [1.54, 1.807) is 11.3 Å². The Labute approximate surface area is 284 Å². The number of rotatable bonds is 5. The van der Waals surface area contributed by atoms with Gasteiger partial charge in [-0.25, -0.2) is 4.98 Å². The molecule has 48 heavy (non-hydrogen) atoms. The third-order valence-corrected chi connectivity index (χ3v) is 11.5. The molecule has 0 saturated heterocycles. The number of aromatic nitrogens is 1. The van der Waals surface area contributed by atoms with Gasteiger partial charge >= 0.3 is 0 Å². The van der Waals surface area contributed by atoms with Crippen LogP contribution >= 0.6 is 22.7 Å². The van der Waals surface area contributed by atoms with Gasteiger partial charge in [-0.15, -0.1) is 22.7 Å². The van der Waals surface area contributed by atoms with Gasteiger partial charge in [-0.05, 0) is 71.8 Å². The molecule has 3 heterocycles. The molecular formula is C43H26N2OS2. The van der Waals surface area contributed by atoms with Crippen LogP contribution in [0.2, 0.25) is 0 Å². The van der Waals surface area contributed by atoms with E-state index in [2.05, 4.69) is 157 Å². The Hall–Kier alpha value is -5.75. The van der Waals surface area contributed by atoms with Gasteiger partial charge in [-0.1, -0.05) is 97.1 Å². The summed E-state index contributed by atoms with van der Waals surface area (Å²) < 4.78 is 10.1. The van der Waals surface area contributed by atoms with Gasteiger partial charge in [0, 0.05) is 43.2 Å². The van der Waals surface area contributed by atoms with E-state index in [1.165, 1.54) is 25.9 Å². The van der Waals surface area contributed by atoms with Crippen molar-refractivity contribution in [3.63, 3.8) is 0 Å². The Balaban J connectivity index is 1.09. The van der Waals surface area contributed by atoms with Crippen LogP contribution in [0.1, 0.15) is 0 Å². The molecule has 0 atom stereocenters. The molecular weight excluding hydrogens is 625 g/mol. The first-order valence-corrected chi connectivity index (χ1v) is 17.6. The van der Waals surface area contributed by atoms with Crippen LogP contribution in [0.3, 0.4) is 0 Å². The molecule has 0 unspecified atom stereocenters. The maximum Gasteiger partial charge on any atom is 0.137 e. The molecule has 7 aromatic carbocycles. The number of thiophene rings is 1. The van der Waals surface area contributed by atoms with Crippen LogP contribution < -0.4 is 4.90 Å². The predicted molar refractivity (Wildman–Crippen MR) is 205 cm³/mol. The highest BCUT2D eigenvalue weighted by atomic mass is 32.1. The quantitative estimate of drug-likeness (QED) is 0.186. The van der Waals surface area contributed by atoms with Crippen LogP contribution in [0.25, 0.3) is 74.0 Å². The van der Waals surface area contributed by atoms with Crippen molar-refractivity contribution < 1.29 is 4.42 Å². The monoisotopic (exact) mass is 650 g/mol. The lowest BCUT2D eigenvalue weighted by Gasteiger charge is -2.26. The summed E-state index contributed by atoms with van der Waals surface area (Å²) in [5, 5.41) is 5.86. The molecule has 10 rings (SSSR count). The van der Waals surface area contributed by atoms with E-state index in [0.717, 1.165) is 65.2 Å². The zero-order chi connectivity index (χ0) is 31.6. The van der Waals surface area contributed by atoms with Crippen LogP contribution in [0.15, 0.2) is 162 Å². The maximum atomic E-state index is 6.35. The number of hydrogen-bond donors (Lipinski definition) is 0. The van der Waals surface area contributed by atoms with E-state index >= 15 is 0 Å². The van der Waals surface area contributed by atoms with Crippen LogP contribution in [0.5, 0.6) is 0 Å². The molecule has 5 heteroatoms. The molecule has 0 spiro atoms. The Morgan fingerprint density at radius 3 is 2.04 bits per heavy atom. The van der Waals surface area contributed by atoms with Gasteiger partial charge in [0.25, 0.3) is 0 Å². The molecule has 3 nitrogen and oxygen atoms in total. The van der Waals surface area contributed by atoms with Crippen molar-refractivity contribution in [1.82, 2.24) is 4.98 Å². The van der Waals surface area contributed by atoms with Gasteiger partial charge in [0.2, 0.25) is 0 Å². The zero-order valence-corrected chi connectivity index (χ0v) is 27.3. The fourth-order valence-electron chi connectivity index (χ4n) is 6.85. The van der Waals surface area contributed by atoms with Crippen molar-refractivity contribution in [2.24, 2.45) is 0 Å². The fraction of sp³-hybridized carbons (Fsp3) is 0. The number of para-hydroxylation sites is 1. The predicted octanol–water partition coefficient (Wildman–Crippen LogP) is 13.4. The fourth-order valence-corrected chi connectivity index (χ4v) is 9.17. The third-order valence-electron chi connectivity index (χ3n) is 9.11. The van der Waals surface area contributed by atoms with Crippen molar-refractivity contribution in [2.75, 3.05) is 4.90 Å². The van der Waals surface area contributed by atoms with Crippen molar-refractivity contribution in [2.45, 2.75) is 0 Å². The summed E-state index contributed by atoms with van der Waals surface area (Å²) in [6, 6.07) is 56.0. The zero-order valence-electron chi connectivity index (χ0n) is 25.6. The summed E-state index contributed by atoms with van der Waals surface area (Å²) in [4.78, 5) is 7.35. The largest absolute Gasteiger partial charge is 0.456 e. The second-order valence-electron chi connectivity index (χ2n) is 12.0. The molecule has 0 fully saturated rings. The Bertz CT molecular complexity index is 2780. The van der Waals surface area contributed by atoms with E-state index in [9.17, 15) is 0 Å². The Kier molecular flexibility index (Phi) is 6.22. The van der Waals surface area contributed by atoms with Crippen molar-refractivity contribution in [3.8, 4) is 21.7 Å². The van der Waals surface area contributed by atoms with E-state index in [1.807, 2.05) is 17.4 Å². The second-order valence-corrected chi connectivity index (χ2v) is 14.0. The number of hydrogen-bond acceptors (Lipinski definition) is 5. The van der Waals surface area contributed by atoms with Crippen LogP contribution in [0, 0.1) is 0 Å². The SMILES string of the molecule is c1ccc(-c2nc3ccc4oc5ccc(-c6ccc(N(c7ccccc7)c7cccc8c7sc7ccccc78)cc6)cc5c4c3s2)cc1. The summed E-state index contributed by atoms with van der Waals surface area (Å²) in [6.07, 6.45) is 0. The van der Waals surface area contributed by atoms with E-state index < -0.39 is 0 Å². The van der Waals surface area contributed by atoms with Crippen LogP contribution in [-0.2, 0) is 0 Å². The lowest BCUT2D eigenvalue weighted by molar-refractivity contribution is 0.669. The van der Waals surface area contributed by atoms with Crippen LogP contribution in [-0.4, -0.2) is 4.98 Å². The molecule has 226 valence electrons. The third kappa shape index (κ3) is 4.36. The summed E-state index contributed by atoms with van der Waals surface area (Å²) in [5.74, 6) is 0. The summed E-state index contributed by atoms with van der Waals surface area (Å²) in [5.41, 5.74) is 9.65. The Morgan fingerprint density at radius 1 is 0.479 bits per heavy atom. The molecule has 0 radical (unpaired) electrons. The maximum absolute atomic E-state index is 6.35. The van der Waals surface area contributed by atoms with Crippen molar-refractivity contribution in [1.29, 1.82) is 0 Å². The molecule has 0 aliphatic heterocycles. The summed E-state index contributed by atoms with van der Waals surface area (Å²) in [7, 11) is 0. The lowest BCUT2D eigenvalue weighted by atomic mass is 10.0. The number of benzene rings is 7. The minimum absolute atomic E-state index is 0.888. The van der Waals surface area contributed by atoms with Crippen molar-refractivity contribution in [3.05, 3.63) is 158 Å². The van der Waals surface area contributed by atoms with Gasteiger partial charge in [0.05, 0.1) is 20.6 Å². The molecule has 3 aromatic heterocycles. The minimum Gasteiger partial charge on any atom is -0.456 e. The minimum atomic E-state index is 0.888. The molecule has 10 aromatic rings. The number of fused-ring (bicyclic) bond motifs is 8. The first-order valence-electron chi connectivity index (χ1n) is 16.0. The summed E-state index contributed by atoms with van der Waals surface area (Å²) >= 11 is 3.58. The van der Waals surface area contributed by atoms with E-state index in [0.29, 0.717) is 0 Å². The topological polar surface area (TPSA) is 29.3 Å². The number of nitrogens with zero attached hydrogens (tertiary/aromatic N) is 2. The Morgan fingerprint density at radius 2 is 1.19 bits per heavy atom. The number of anilines is 3. The van der Waals surface area contributed by atoms with Crippen LogP contribution in [0.4, 0.5) is 17.1 Å². The van der Waals surface area contributed by atoms with Gasteiger partial charge < -0.3 is 9.32 Å². The van der Waals surface area contributed by atoms with Gasteiger partial charge in [0.1, 0.15) is 16.2 Å². The highest BCUT2D eigenvalue weighted by Gasteiger charge is 2.19. The molecule has 0 N–H and O–H groups in total. The number of furan rings is 1. The highest BCUT2D eigenvalue weighted by molar-refractivity contribution is 7.26. The molecule has 0 aliphatic carbocycles.